The summed E-state index contributed by atoms with van der Waals surface area (Å²) in [5.41, 5.74) is 2.24. The maximum Gasteiger partial charge on any atom is 0.258 e. The molecule has 0 bridgehead atoms. The van der Waals surface area contributed by atoms with E-state index in [0.717, 1.165) is 0 Å². The van der Waals surface area contributed by atoms with E-state index in [9.17, 15) is 19.2 Å². The molecule has 4 rings (SSSR count). The van der Waals surface area contributed by atoms with Crippen molar-refractivity contribution in [2.75, 3.05) is 39.1 Å². The number of ether oxygens (including phenoxy) is 4. The number of halogens is 2. The Labute approximate surface area is 309 Å². The van der Waals surface area contributed by atoms with Gasteiger partial charge in [0.2, 0.25) is 12.1 Å². The molecule has 2 amide bonds. The van der Waals surface area contributed by atoms with Gasteiger partial charge < -0.3 is 29.6 Å². The number of anilines is 2. The highest BCUT2D eigenvalue weighted by molar-refractivity contribution is 6.45. The summed E-state index contributed by atoms with van der Waals surface area (Å²) in [4.78, 5) is 50.7. The largest absolute Gasteiger partial charge is 0.493 e. The topological polar surface area (TPSA) is 179 Å². The Morgan fingerprint density at radius 3 is 1.52 bits per heavy atom. The summed E-state index contributed by atoms with van der Waals surface area (Å²) in [6.45, 7) is 2.45. The molecule has 0 aliphatic heterocycles. The molecule has 16 heteroatoms. The van der Waals surface area contributed by atoms with Crippen LogP contribution in [0.1, 0.15) is 13.8 Å². The van der Waals surface area contributed by atoms with Crippen LogP contribution in [0, 0.1) is 0 Å². The fraction of sp³-hybridized carbons (Fsp3) is 0.222. The second-order valence-electron chi connectivity index (χ2n) is 10.8. The molecule has 0 spiro atoms. The van der Waals surface area contributed by atoms with Crippen LogP contribution in [0.5, 0.6) is 23.0 Å². The number of ketones is 2. The van der Waals surface area contributed by atoms with E-state index in [1.807, 2.05) is 0 Å². The highest BCUT2D eigenvalue weighted by Crippen LogP contribution is 2.41. The van der Waals surface area contributed by atoms with Gasteiger partial charge in [-0.1, -0.05) is 53.5 Å². The molecular formula is C36H34Cl2N6O8. The third kappa shape index (κ3) is 9.08. The van der Waals surface area contributed by atoms with Crippen molar-refractivity contribution < 1.29 is 38.1 Å². The maximum atomic E-state index is 13.0. The Kier molecular flexibility index (Phi) is 13.4. The molecule has 0 aliphatic rings. The third-order valence-corrected chi connectivity index (χ3v) is 8.27. The number of benzene rings is 4. The highest BCUT2D eigenvalue weighted by Gasteiger charge is 2.26. The third-order valence-electron chi connectivity index (χ3n) is 7.40. The number of rotatable bonds is 15. The molecule has 0 saturated heterocycles. The highest BCUT2D eigenvalue weighted by atomic mass is 35.5. The normalized spacial score (nSPS) is 12.2. The molecule has 0 aromatic heterocycles. The number of carbonyl (C=O) groups is 4. The van der Waals surface area contributed by atoms with Gasteiger partial charge in [-0.3, -0.25) is 19.2 Å². The van der Waals surface area contributed by atoms with Crippen LogP contribution in [-0.2, 0) is 19.2 Å². The van der Waals surface area contributed by atoms with Crippen LogP contribution in [0.4, 0.5) is 22.7 Å². The average molecular weight is 750 g/mol. The second-order valence-corrected chi connectivity index (χ2v) is 11.6. The molecule has 2 N–H and O–H groups in total. The lowest BCUT2D eigenvalue weighted by Gasteiger charge is -2.15. The zero-order valence-corrected chi connectivity index (χ0v) is 30.4. The van der Waals surface area contributed by atoms with Crippen molar-refractivity contribution in [1.29, 1.82) is 0 Å². The zero-order chi connectivity index (χ0) is 37.9. The maximum absolute atomic E-state index is 13.0. The molecule has 4 aromatic carbocycles. The summed E-state index contributed by atoms with van der Waals surface area (Å²) < 4.78 is 21.2. The molecule has 2 atom stereocenters. The predicted molar refractivity (Wildman–Crippen MR) is 196 cm³/mol. The van der Waals surface area contributed by atoms with Crippen molar-refractivity contribution in [3.8, 4) is 34.1 Å². The van der Waals surface area contributed by atoms with Gasteiger partial charge in [0.1, 0.15) is 5.69 Å². The van der Waals surface area contributed by atoms with E-state index in [0.29, 0.717) is 34.0 Å². The number of methoxy groups -OCH3 is 4. The van der Waals surface area contributed by atoms with Gasteiger partial charge in [-0.25, -0.2) is 0 Å². The molecule has 270 valence electrons. The first-order valence-corrected chi connectivity index (χ1v) is 16.1. The van der Waals surface area contributed by atoms with E-state index in [1.165, 1.54) is 48.4 Å². The number of hydrogen-bond acceptors (Lipinski definition) is 12. The number of nitrogens with zero attached hydrogens (tertiary/aromatic N) is 4. The molecule has 0 radical (unpaired) electrons. The SMILES string of the molecule is COc1cccc(NC(=O)C(N=Nc2ccc(-c3ccc(N=NC(C(C)=O)C(=O)Nc4cccc(OC)c4OC)c(Cl)c3Cl)cc2)C(C)=O)c1OC. The van der Waals surface area contributed by atoms with Crippen LogP contribution in [0.3, 0.4) is 0 Å². The van der Waals surface area contributed by atoms with Gasteiger partial charge in [-0.05, 0) is 61.9 Å². The Morgan fingerprint density at radius 2 is 1.08 bits per heavy atom. The Hall–Kier alpha value is -5.86. The van der Waals surface area contributed by atoms with Crippen molar-refractivity contribution in [3.05, 3.63) is 82.8 Å². The molecule has 14 nitrogen and oxygen atoms in total. The van der Waals surface area contributed by atoms with Crippen LogP contribution >= 0.6 is 23.2 Å². The van der Waals surface area contributed by atoms with Gasteiger partial charge in [0.15, 0.2) is 34.6 Å². The number of azo groups is 2. The summed E-state index contributed by atoms with van der Waals surface area (Å²) in [6.07, 6.45) is 0. The molecule has 4 aromatic rings. The van der Waals surface area contributed by atoms with Crippen molar-refractivity contribution >= 4 is 69.3 Å². The van der Waals surface area contributed by atoms with Crippen LogP contribution < -0.4 is 29.6 Å². The average Bonchev–Trinajstić information content (AvgIpc) is 3.13. The standard InChI is InChI=1S/C36H34Cl2N6O8/c1-19(45)31(35(47)39-25-9-7-11-27(49-3)33(25)51-5)43-41-22-15-13-21(14-16-22)23-17-18-24(30(38)29(23)37)42-44-32(20(2)46)36(48)40-26-10-8-12-28(50-4)34(26)52-6/h7-18,31-32H,1-6H3,(H,39,47)(H,40,48). The van der Waals surface area contributed by atoms with Gasteiger partial charge >= 0.3 is 0 Å². The number of para-hydroxylation sites is 2. The van der Waals surface area contributed by atoms with E-state index in [4.69, 9.17) is 42.1 Å². The first kappa shape index (κ1) is 38.9. The van der Waals surface area contributed by atoms with Gasteiger partial charge in [0, 0.05) is 5.56 Å². The number of hydrogen-bond donors (Lipinski definition) is 2. The fourth-order valence-corrected chi connectivity index (χ4v) is 5.27. The number of Topliss-reactive ketones (excluding diaryl/α,β-unsaturated/α-hetero) is 2. The Balaban J connectivity index is 1.49. The quantitative estimate of drug-likeness (QED) is 0.0905. The number of carbonyl (C=O) groups excluding carboxylic acids is 4. The molecule has 0 saturated carbocycles. The van der Waals surface area contributed by atoms with E-state index >= 15 is 0 Å². The van der Waals surface area contributed by atoms with E-state index in [1.54, 1.807) is 66.7 Å². The summed E-state index contributed by atoms with van der Waals surface area (Å²) in [6, 6.07) is 16.7. The Morgan fingerprint density at radius 1 is 0.596 bits per heavy atom. The fourth-order valence-electron chi connectivity index (χ4n) is 4.80. The van der Waals surface area contributed by atoms with E-state index in [2.05, 4.69) is 31.1 Å². The van der Waals surface area contributed by atoms with Crippen molar-refractivity contribution in [3.63, 3.8) is 0 Å². The van der Waals surface area contributed by atoms with Crippen molar-refractivity contribution in [1.82, 2.24) is 0 Å². The number of amides is 2. The van der Waals surface area contributed by atoms with Crippen LogP contribution in [0.25, 0.3) is 11.1 Å². The van der Waals surface area contributed by atoms with Gasteiger partial charge in [0.05, 0.1) is 55.5 Å². The first-order valence-electron chi connectivity index (χ1n) is 15.4. The lowest BCUT2D eigenvalue weighted by molar-refractivity contribution is -0.127. The minimum Gasteiger partial charge on any atom is -0.493 e. The minimum atomic E-state index is -1.49. The summed E-state index contributed by atoms with van der Waals surface area (Å²) in [5, 5.41) is 21.5. The summed E-state index contributed by atoms with van der Waals surface area (Å²) in [5.74, 6) is -1.19. The Bertz CT molecular complexity index is 2040. The van der Waals surface area contributed by atoms with Crippen LogP contribution in [0.2, 0.25) is 10.0 Å². The molecular weight excluding hydrogens is 715 g/mol. The number of nitrogens with one attached hydrogen (secondary N) is 2. The van der Waals surface area contributed by atoms with Crippen molar-refractivity contribution in [2.45, 2.75) is 25.9 Å². The monoisotopic (exact) mass is 748 g/mol. The molecule has 52 heavy (non-hydrogen) atoms. The van der Waals surface area contributed by atoms with Crippen LogP contribution in [0.15, 0.2) is 93.3 Å². The van der Waals surface area contributed by atoms with Gasteiger partial charge in [0.25, 0.3) is 11.8 Å². The van der Waals surface area contributed by atoms with Gasteiger partial charge in [-0.2, -0.15) is 20.5 Å². The molecule has 0 heterocycles. The smallest absolute Gasteiger partial charge is 0.258 e. The van der Waals surface area contributed by atoms with Crippen LogP contribution in [-0.4, -0.2) is 63.9 Å². The first-order chi connectivity index (χ1) is 24.9. The second kappa shape index (κ2) is 17.9. The predicted octanol–water partition coefficient (Wildman–Crippen LogP) is 8.05. The summed E-state index contributed by atoms with van der Waals surface area (Å²) in [7, 11) is 5.77. The van der Waals surface area contributed by atoms with Gasteiger partial charge in [-0.15, -0.1) is 0 Å². The molecule has 0 fully saturated rings. The molecule has 2 unspecified atom stereocenters. The van der Waals surface area contributed by atoms with Crippen molar-refractivity contribution in [2.24, 2.45) is 20.5 Å². The summed E-state index contributed by atoms with van der Waals surface area (Å²) >= 11 is 13.2. The zero-order valence-electron chi connectivity index (χ0n) is 28.9. The lowest BCUT2D eigenvalue weighted by atomic mass is 10.0. The lowest BCUT2D eigenvalue weighted by Crippen LogP contribution is -2.32. The van der Waals surface area contributed by atoms with E-state index in [-0.39, 0.29) is 32.9 Å². The molecule has 0 aliphatic carbocycles. The minimum absolute atomic E-state index is 0.0341. The van der Waals surface area contributed by atoms with E-state index < -0.39 is 35.5 Å².